The van der Waals surface area contributed by atoms with Crippen LogP contribution in [0, 0.1) is 19.7 Å². The first-order valence-corrected chi connectivity index (χ1v) is 6.42. The summed E-state index contributed by atoms with van der Waals surface area (Å²) in [6, 6.07) is 11.3. The molecule has 3 heteroatoms. The lowest BCUT2D eigenvalue weighted by Crippen LogP contribution is -2.03. The van der Waals surface area contributed by atoms with Crippen molar-refractivity contribution in [2.24, 2.45) is 5.73 Å². The Morgan fingerprint density at radius 1 is 1.05 bits per heavy atom. The fraction of sp³-hybridized carbons (Fsp3) is 0.250. The third-order valence-corrected chi connectivity index (χ3v) is 2.97. The van der Waals surface area contributed by atoms with Crippen molar-refractivity contribution in [1.82, 2.24) is 0 Å². The zero-order chi connectivity index (χ0) is 13.8. The van der Waals surface area contributed by atoms with Gasteiger partial charge >= 0.3 is 0 Å². The van der Waals surface area contributed by atoms with Crippen LogP contribution in [0.3, 0.4) is 0 Å². The average molecular weight is 258 g/mol. The second-order valence-electron chi connectivity index (χ2n) is 4.85. The summed E-state index contributed by atoms with van der Waals surface area (Å²) in [5, 5.41) is 3.12. The maximum atomic E-state index is 14.0. The van der Waals surface area contributed by atoms with Crippen LogP contribution in [-0.4, -0.2) is 6.54 Å². The van der Waals surface area contributed by atoms with E-state index < -0.39 is 0 Å². The molecule has 0 aliphatic carbocycles. The number of hydrogen-bond acceptors (Lipinski definition) is 2. The van der Waals surface area contributed by atoms with Gasteiger partial charge in [-0.2, -0.15) is 0 Å². The van der Waals surface area contributed by atoms with Crippen LogP contribution < -0.4 is 11.1 Å². The Morgan fingerprint density at radius 3 is 2.32 bits per heavy atom. The monoisotopic (exact) mass is 258 g/mol. The van der Waals surface area contributed by atoms with E-state index in [4.69, 9.17) is 5.73 Å². The van der Waals surface area contributed by atoms with Gasteiger partial charge in [0, 0.05) is 5.69 Å². The molecular weight excluding hydrogens is 239 g/mol. The molecule has 0 amide bonds. The van der Waals surface area contributed by atoms with E-state index in [9.17, 15) is 4.39 Å². The molecule has 0 saturated carbocycles. The fourth-order valence-electron chi connectivity index (χ4n) is 2.18. The van der Waals surface area contributed by atoms with Gasteiger partial charge in [-0.25, -0.2) is 4.39 Å². The van der Waals surface area contributed by atoms with E-state index in [1.807, 2.05) is 32.0 Å². The SMILES string of the molecule is Cc1cc(C)cc(Nc2ccc(CCN)cc2F)c1. The number of nitrogens with two attached hydrogens (primary N) is 1. The van der Waals surface area contributed by atoms with Gasteiger partial charge < -0.3 is 11.1 Å². The lowest BCUT2D eigenvalue weighted by atomic mass is 10.1. The van der Waals surface area contributed by atoms with E-state index >= 15 is 0 Å². The predicted octanol–water partition coefficient (Wildman–Crippen LogP) is 3.69. The van der Waals surface area contributed by atoms with Crippen LogP contribution in [0.1, 0.15) is 16.7 Å². The molecule has 2 aromatic carbocycles. The number of aryl methyl sites for hydroxylation is 2. The van der Waals surface area contributed by atoms with Gasteiger partial charge in [0.2, 0.25) is 0 Å². The van der Waals surface area contributed by atoms with E-state index in [0.717, 1.165) is 22.4 Å². The molecule has 2 rings (SSSR count). The van der Waals surface area contributed by atoms with Crippen molar-refractivity contribution >= 4 is 11.4 Å². The van der Waals surface area contributed by atoms with Crippen molar-refractivity contribution in [2.45, 2.75) is 20.3 Å². The van der Waals surface area contributed by atoms with Crippen molar-refractivity contribution in [3.05, 3.63) is 58.9 Å². The quantitative estimate of drug-likeness (QED) is 0.877. The molecule has 0 fully saturated rings. The zero-order valence-electron chi connectivity index (χ0n) is 11.3. The highest BCUT2D eigenvalue weighted by Gasteiger charge is 2.04. The summed E-state index contributed by atoms with van der Waals surface area (Å²) >= 11 is 0. The van der Waals surface area contributed by atoms with Crippen LogP contribution in [0.2, 0.25) is 0 Å². The predicted molar refractivity (Wildman–Crippen MR) is 78.4 cm³/mol. The maximum absolute atomic E-state index is 14.0. The lowest BCUT2D eigenvalue weighted by molar-refractivity contribution is 0.629. The van der Waals surface area contributed by atoms with Crippen molar-refractivity contribution < 1.29 is 4.39 Å². The molecule has 0 bridgehead atoms. The number of hydrogen-bond donors (Lipinski definition) is 2. The normalized spacial score (nSPS) is 10.5. The highest BCUT2D eigenvalue weighted by molar-refractivity contribution is 5.62. The maximum Gasteiger partial charge on any atom is 0.146 e. The van der Waals surface area contributed by atoms with E-state index in [1.165, 1.54) is 6.07 Å². The molecule has 100 valence electrons. The Bertz CT molecular complexity index is 559. The topological polar surface area (TPSA) is 38.0 Å². The van der Waals surface area contributed by atoms with Gasteiger partial charge in [0.1, 0.15) is 5.82 Å². The number of rotatable bonds is 4. The first-order valence-electron chi connectivity index (χ1n) is 6.42. The minimum Gasteiger partial charge on any atom is -0.353 e. The average Bonchev–Trinajstić information content (AvgIpc) is 2.32. The molecule has 3 N–H and O–H groups in total. The molecule has 0 aromatic heterocycles. The van der Waals surface area contributed by atoms with Gasteiger partial charge in [0.15, 0.2) is 0 Å². The summed E-state index contributed by atoms with van der Waals surface area (Å²) in [6.07, 6.45) is 0.695. The van der Waals surface area contributed by atoms with Gasteiger partial charge in [-0.05, 0) is 67.8 Å². The Balaban J connectivity index is 2.23. The Kier molecular flexibility index (Phi) is 4.17. The molecule has 0 aliphatic rings. The molecular formula is C16H19FN2. The third-order valence-electron chi connectivity index (χ3n) is 2.97. The zero-order valence-corrected chi connectivity index (χ0v) is 11.3. The molecule has 0 heterocycles. The van der Waals surface area contributed by atoms with Crippen LogP contribution in [0.25, 0.3) is 0 Å². The van der Waals surface area contributed by atoms with E-state index in [0.29, 0.717) is 18.7 Å². The molecule has 0 aliphatic heterocycles. The van der Waals surface area contributed by atoms with Crippen molar-refractivity contribution in [3.8, 4) is 0 Å². The first kappa shape index (κ1) is 13.6. The number of halogens is 1. The molecule has 0 radical (unpaired) electrons. The van der Waals surface area contributed by atoms with E-state index in [2.05, 4.69) is 11.4 Å². The summed E-state index contributed by atoms with van der Waals surface area (Å²) in [6.45, 7) is 4.58. The smallest absolute Gasteiger partial charge is 0.146 e. The molecule has 2 aromatic rings. The van der Waals surface area contributed by atoms with Gasteiger partial charge in [0.25, 0.3) is 0 Å². The van der Waals surface area contributed by atoms with Crippen LogP contribution in [0.4, 0.5) is 15.8 Å². The fourth-order valence-corrected chi connectivity index (χ4v) is 2.18. The minimum atomic E-state index is -0.245. The summed E-state index contributed by atoms with van der Waals surface area (Å²) in [5.74, 6) is -0.245. The van der Waals surface area contributed by atoms with Gasteiger partial charge in [-0.15, -0.1) is 0 Å². The molecule has 19 heavy (non-hydrogen) atoms. The second-order valence-corrected chi connectivity index (χ2v) is 4.85. The second kappa shape index (κ2) is 5.85. The Hall–Kier alpha value is -1.87. The summed E-state index contributed by atoms with van der Waals surface area (Å²) < 4.78 is 14.0. The Labute approximate surface area is 113 Å². The van der Waals surface area contributed by atoms with Crippen LogP contribution in [0.15, 0.2) is 36.4 Å². The highest BCUT2D eigenvalue weighted by atomic mass is 19.1. The van der Waals surface area contributed by atoms with Crippen molar-refractivity contribution in [2.75, 3.05) is 11.9 Å². The summed E-state index contributed by atoms with van der Waals surface area (Å²) in [5.41, 5.74) is 10.1. The van der Waals surface area contributed by atoms with Crippen LogP contribution in [0.5, 0.6) is 0 Å². The number of anilines is 2. The van der Waals surface area contributed by atoms with E-state index in [-0.39, 0.29) is 5.82 Å². The lowest BCUT2D eigenvalue weighted by Gasteiger charge is -2.10. The van der Waals surface area contributed by atoms with Gasteiger partial charge in [-0.3, -0.25) is 0 Å². The van der Waals surface area contributed by atoms with Crippen LogP contribution in [-0.2, 0) is 6.42 Å². The standard InChI is InChI=1S/C16H19FN2/c1-11-7-12(2)9-14(8-11)19-16-4-3-13(5-6-18)10-15(16)17/h3-4,7-10,19H,5-6,18H2,1-2H3. The third kappa shape index (κ3) is 3.55. The number of nitrogens with one attached hydrogen (secondary N) is 1. The van der Waals surface area contributed by atoms with Gasteiger partial charge in [-0.1, -0.05) is 12.1 Å². The van der Waals surface area contributed by atoms with Crippen molar-refractivity contribution in [3.63, 3.8) is 0 Å². The largest absolute Gasteiger partial charge is 0.353 e. The molecule has 0 saturated heterocycles. The van der Waals surface area contributed by atoms with Crippen molar-refractivity contribution in [1.29, 1.82) is 0 Å². The summed E-state index contributed by atoms with van der Waals surface area (Å²) in [4.78, 5) is 0. The van der Waals surface area contributed by atoms with Crippen LogP contribution >= 0.6 is 0 Å². The molecule has 0 atom stereocenters. The first-order chi connectivity index (χ1) is 9.08. The molecule has 2 nitrogen and oxygen atoms in total. The van der Waals surface area contributed by atoms with E-state index in [1.54, 1.807) is 6.07 Å². The Morgan fingerprint density at radius 2 is 1.74 bits per heavy atom. The minimum absolute atomic E-state index is 0.245. The molecule has 0 unspecified atom stereocenters. The van der Waals surface area contributed by atoms with Gasteiger partial charge in [0.05, 0.1) is 5.69 Å². The number of benzene rings is 2. The molecule has 0 spiro atoms. The summed E-state index contributed by atoms with van der Waals surface area (Å²) in [7, 11) is 0. The highest BCUT2D eigenvalue weighted by Crippen LogP contribution is 2.23.